The summed E-state index contributed by atoms with van der Waals surface area (Å²) in [5, 5.41) is 8.72. The van der Waals surface area contributed by atoms with Crippen molar-refractivity contribution in [2.45, 2.75) is 39.0 Å². The minimum atomic E-state index is 0.335. The Labute approximate surface area is 70.1 Å². The first-order valence-electron chi connectivity index (χ1n) is 4.53. The van der Waals surface area contributed by atoms with Gasteiger partial charge in [0, 0.05) is 6.61 Å². The van der Waals surface area contributed by atoms with Crippen LogP contribution in [0.3, 0.4) is 0 Å². The summed E-state index contributed by atoms with van der Waals surface area (Å²) >= 11 is 0. The van der Waals surface area contributed by atoms with E-state index in [0.29, 0.717) is 12.5 Å². The second kappa shape index (κ2) is 7.80. The van der Waals surface area contributed by atoms with E-state index in [9.17, 15) is 0 Å². The molecule has 66 valence electrons. The first-order valence-corrected chi connectivity index (χ1v) is 4.53. The van der Waals surface area contributed by atoms with Gasteiger partial charge in [0.1, 0.15) is 0 Å². The molecule has 0 aliphatic rings. The van der Waals surface area contributed by atoms with Crippen LogP contribution >= 0.6 is 0 Å². The predicted octanol–water partition coefficient (Wildman–Crippen LogP) is 2.75. The van der Waals surface area contributed by atoms with Gasteiger partial charge >= 0.3 is 0 Å². The smallest absolute Gasteiger partial charge is 0.0456 e. The van der Waals surface area contributed by atoms with Crippen LogP contribution in [0.2, 0.25) is 0 Å². The number of aliphatic hydroxyl groups is 1. The molecular formula is C10H20O. The van der Waals surface area contributed by atoms with Gasteiger partial charge in [-0.05, 0) is 25.2 Å². The maximum absolute atomic E-state index is 8.72. The average molecular weight is 156 g/mol. The summed E-state index contributed by atoms with van der Waals surface area (Å²) in [5.74, 6) is 0.485. The van der Waals surface area contributed by atoms with Crippen LogP contribution in [0.4, 0.5) is 0 Å². The fraction of sp³-hybridized carbons (Fsp3) is 0.800. The molecule has 1 atom stereocenters. The fourth-order valence-corrected chi connectivity index (χ4v) is 1.05. The van der Waals surface area contributed by atoms with E-state index in [1.165, 1.54) is 19.3 Å². The second-order valence-electron chi connectivity index (χ2n) is 3.21. The number of hydrogen-bond donors (Lipinski definition) is 1. The van der Waals surface area contributed by atoms with E-state index in [1.807, 2.05) is 6.08 Å². The van der Waals surface area contributed by atoms with E-state index < -0.39 is 0 Å². The molecule has 0 bridgehead atoms. The zero-order chi connectivity index (χ0) is 8.53. The van der Waals surface area contributed by atoms with E-state index >= 15 is 0 Å². The van der Waals surface area contributed by atoms with Gasteiger partial charge in [0.25, 0.3) is 0 Å². The topological polar surface area (TPSA) is 20.2 Å². The van der Waals surface area contributed by atoms with Crippen LogP contribution in [-0.4, -0.2) is 11.7 Å². The normalized spacial score (nSPS) is 12.9. The molecule has 0 rings (SSSR count). The lowest BCUT2D eigenvalue weighted by atomic mass is 10.0. The van der Waals surface area contributed by atoms with Gasteiger partial charge < -0.3 is 5.11 Å². The lowest BCUT2D eigenvalue weighted by molar-refractivity contribution is 0.227. The molecule has 0 amide bonds. The highest BCUT2D eigenvalue weighted by molar-refractivity contribution is 4.65. The summed E-state index contributed by atoms with van der Waals surface area (Å²) in [5.41, 5.74) is 0. The Hall–Kier alpha value is -0.300. The summed E-state index contributed by atoms with van der Waals surface area (Å²) in [6, 6.07) is 0. The Bertz CT molecular complexity index is 88.9. The standard InChI is InChI=1S/C10H20O/c1-3-4-5-6-7-8-10(2)9-11/h3,10-11H,1,4-9H2,2H3/t10-/m1/s1. The van der Waals surface area contributed by atoms with Gasteiger partial charge in [-0.25, -0.2) is 0 Å². The third-order valence-electron chi connectivity index (χ3n) is 1.92. The monoisotopic (exact) mass is 156 g/mol. The summed E-state index contributed by atoms with van der Waals surface area (Å²) in [4.78, 5) is 0. The lowest BCUT2D eigenvalue weighted by Crippen LogP contribution is -1.99. The van der Waals surface area contributed by atoms with Crippen LogP contribution in [0.25, 0.3) is 0 Å². The average Bonchev–Trinajstić information content (AvgIpc) is 2.04. The Morgan fingerprint density at radius 2 is 2.09 bits per heavy atom. The number of unbranched alkanes of at least 4 members (excludes halogenated alkanes) is 3. The highest BCUT2D eigenvalue weighted by atomic mass is 16.3. The van der Waals surface area contributed by atoms with Crippen LogP contribution in [0.15, 0.2) is 12.7 Å². The molecule has 0 aliphatic heterocycles. The van der Waals surface area contributed by atoms with Crippen molar-refractivity contribution in [1.29, 1.82) is 0 Å². The van der Waals surface area contributed by atoms with Crippen molar-refractivity contribution in [3.8, 4) is 0 Å². The molecule has 1 nitrogen and oxygen atoms in total. The zero-order valence-electron chi connectivity index (χ0n) is 7.55. The minimum Gasteiger partial charge on any atom is -0.396 e. The first kappa shape index (κ1) is 10.7. The highest BCUT2D eigenvalue weighted by Gasteiger charge is 1.97. The van der Waals surface area contributed by atoms with E-state index in [0.717, 1.165) is 12.8 Å². The van der Waals surface area contributed by atoms with Gasteiger partial charge in [-0.15, -0.1) is 6.58 Å². The first-order chi connectivity index (χ1) is 5.31. The molecule has 0 radical (unpaired) electrons. The molecule has 1 N–H and O–H groups in total. The van der Waals surface area contributed by atoms with Crippen LogP contribution in [-0.2, 0) is 0 Å². The van der Waals surface area contributed by atoms with Crippen LogP contribution < -0.4 is 0 Å². The van der Waals surface area contributed by atoms with Gasteiger partial charge in [-0.1, -0.05) is 25.8 Å². The van der Waals surface area contributed by atoms with Crippen molar-refractivity contribution in [3.05, 3.63) is 12.7 Å². The fourth-order valence-electron chi connectivity index (χ4n) is 1.05. The summed E-state index contributed by atoms with van der Waals surface area (Å²) < 4.78 is 0. The molecule has 0 saturated carbocycles. The van der Waals surface area contributed by atoms with E-state index in [1.54, 1.807) is 0 Å². The third kappa shape index (κ3) is 7.60. The van der Waals surface area contributed by atoms with Gasteiger partial charge in [-0.3, -0.25) is 0 Å². The highest BCUT2D eigenvalue weighted by Crippen LogP contribution is 2.09. The molecule has 0 heterocycles. The maximum Gasteiger partial charge on any atom is 0.0456 e. The maximum atomic E-state index is 8.72. The molecule has 0 aliphatic carbocycles. The molecule has 0 fully saturated rings. The van der Waals surface area contributed by atoms with E-state index in [4.69, 9.17) is 5.11 Å². The summed E-state index contributed by atoms with van der Waals surface area (Å²) in [6.07, 6.45) is 8.03. The van der Waals surface area contributed by atoms with Gasteiger partial charge in [0.15, 0.2) is 0 Å². The number of hydrogen-bond acceptors (Lipinski definition) is 1. The Morgan fingerprint density at radius 1 is 1.36 bits per heavy atom. The molecule has 0 aromatic carbocycles. The van der Waals surface area contributed by atoms with Crippen molar-refractivity contribution in [2.75, 3.05) is 6.61 Å². The van der Waals surface area contributed by atoms with Gasteiger partial charge in [-0.2, -0.15) is 0 Å². The molecule has 0 spiro atoms. The molecule has 0 unspecified atom stereocenters. The lowest BCUT2D eigenvalue weighted by Gasteiger charge is -2.05. The van der Waals surface area contributed by atoms with Gasteiger partial charge in [0.2, 0.25) is 0 Å². The molecule has 11 heavy (non-hydrogen) atoms. The quantitative estimate of drug-likeness (QED) is 0.444. The third-order valence-corrected chi connectivity index (χ3v) is 1.92. The van der Waals surface area contributed by atoms with Crippen LogP contribution in [0.5, 0.6) is 0 Å². The zero-order valence-corrected chi connectivity index (χ0v) is 7.55. The SMILES string of the molecule is C=CCCCCC[C@@H](C)CO. The molecule has 1 heteroatoms. The van der Waals surface area contributed by atoms with Crippen molar-refractivity contribution in [2.24, 2.45) is 5.92 Å². The van der Waals surface area contributed by atoms with E-state index in [-0.39, 0.29) is 0 Å². The molecule has 0 saturated heterocycles. The largest absolute Gasteiger partial charge is 0.396 e. The van der Waals surface area contributed by atoms with Crippen molar-refractivity contribution in [3.63, 3.8) is 0 Å². The Balaban J connectivity index is 2.95. The van der Waals surface area contributed by atoms with Crippen molar-refractivity contribution >= 4 is 0 Å². The molecule has 0 aromatic rings. The van der Waals surface area contributed by atoms with Crippen LogP contribution in [0.1, 0.15) is 39.0 Å². The second-order valence-corrected chi connectivity index (χ2v) is 3.21. The molecule has 0 aromatic heterocycles. The number of rotatable bonds is 7. The summed E-state index contributed by atoms with van der Waals surface area (Å²) in [7, 11) is 0. The summed E-state index contributed by atoms with van der Waals surface area (Å²) in [6.45, 7) is 6.10. The number of aliphatic hydroxyl groups excluding tert-OH is 1. The minimum absolute atomic E-state index is 0.335. The number of allylic oxidation sites excluding steroid dienone is 1. The van der Waals surface area contributed by atoms with Gasteiger partial charge in [0.05, 0.1) is 0 Å². The van der Waals surface area contributed by atoms with E-state index in [2.05, 4.69) is 13.5 Å². The Kier molecular flexibility index (Phi) is 7.59. The molecular weight excluding hydrogens is 136 g/mol. The predicted molar refractivity (Wildman–Crippen MR) is 49.5 cm³/mol. The Morgan fingerprint density at radius 3 is 2.64 bits per heavy atom. The van der Waals surface area contributed by atoms with Crippen molar-refractivity contribution in [1.82, 2.24) is 0 Å². The van der Waals surface area contributed by atoms with Crippen LogP contribution in [0, 0.1) is 5.92 Å². The van der Waals surface area contributed by atoms with Crippen molar-refractivity contribution < 1.29 is 5.11 Å².